The van der Waals surface area contributed by atoms with Crippen LogP contribution in [0.1, 0.15) is 0 Å². The Balaban J connectivity index is 1.51. The third-order valence-electron chi connectivity index (χ3n) is 4.96. The summed E-state index contributed by atoms with van der Waals surface area (Å²) in [5, 5.41) is 0.528. The van der Waals surface area contributed by atoms with Crippen molar-refractivity contribution in [1.29, 1.82) is 0 Å². The van der Waals surface area contributed by atoms with Crippen LogP contribution in [0.2, 0.25) is 0 Å². The van der Waals surface area contributed by atoms with Crippen molar-refractivity contribution in [2.75, 3.05) is 0 Å². The van der Waals surface area contributed by atoms with Gasteiger partial charge >= 0.3 is 0 Å². The van der Waals surface area contributed by atoms with E-state index in [2.05, 4.69) is 12.1 Å². The standard InChI is InChI=1S/C27H18O3/c28-25-18-26(21-13-11-20(12-14-21)19-7-3-1-4-8-19)30-27-17-23(15-16-24(25)27)29-22-9-5-2-6-10-22/h1-18H. The fraction of sp³-hybridized carbons (Fsp3) is 0. The van der Waals surface area contributed by atoms with Gasteiger partial charge in [0, 0.05) is 17.7 Å². The molecule has 0 unspecified atom stereocenters. The molecule has 3 heteroatoms. The average molecular weight is 390 g/mol. The second-order valence-electron chi connectivity index (χ2n) is 6.99. The molecule has 1 aromatic heterocycles. The Morgan fingerprint density at radius 2 is 1.20 bits per heavy atom. The predicted molar refractivity (Wildman–Crippen MR) is 120 cm³/mol. The fourth-order valence-electron chi connectivity index (χ4n) is 3.42. The molecule has 30 heavy (non-hydrogen) atoms. The Kier molecular flexibility index (Phi) is 4.62. The Bertz CT molecular complexity index is 1350. The van der Waals surface area contributed by atoms with Crippen molar-refractivity contribution in [1.82, 2.24) is 0 Å². The van der Waals surface area contributed by atoms with Gasteiger partial charge in [-0.3, -0.25) is 4.79 Å². The van der Waals surface area contributed by atoms with Gasteiger partial charge < -0.3 is 9.15 Å². The average Bonchev–Trinajstić information content (AvgIpc) is 2.80. The van der Waals surface area contributed by atoms with Gasteiger partial charge in [-0.25, -0.2) is 0 Å². The van der Waals surface area contributed by atoms with Crippen LogP contribution in [0.15, 0.2) is 118 Å². The van der Waals surface area contributed by atoms with Crippen molar-refractivity contribution in [3.8, 4) is 33.9 Å². The summed E-state index contributed by atoms with van der Waals surface area (Å²) in [5.41, 5.74) is 3.53. The van der Waals surface area contributed by atoms with Crippen LogP contribution in [0.5, 0.6) is 11.5 Å². The van der Waals surface area contributed by atoms with Crippen molar-refractivity contribution < 1.29 is 9.15 Å². The highest BCUT2D eigenvalue weighted by molar-refractivity contribution is 5.80. The van der Waals surface area contributed by atoms with Gasteiger partial charge in [0.1, 0.15) is 22.8 Å². The van der Waals surface area contributed by atoms with E-state index in [-0.39, 0.29) is 5.43 Å². The Hall–Kier alpha value is -4.11. The molecule has 0 saturated heterocycles. The number of benzene rings is 4. The van der Waals surface area contributed by atoms with Crippen LogP contribution in [0.4, 0.5) is 0 Å². The Labute approximate surface area is 173 Å². The fourth-order valence-corrected chi connectivity index (χ4v) is 3.42. The molecule has 0 N–H and O–H groups in total. The van der Waals surface area contributed by atoms with Crippen LogP contribution in [-0.2, 0) is 0 Å². The first-order chi connectivity index (χ1) is 14.8. The summed E-state index contributed by atoms with van der Waals surface area (Å²) in [4.78, 5) is 12.6. The zero-order valence-corrected chi connectivity index (χ0v) is 16.1. The van der Waals surface area contributed by atoms with Crippen molar-refractivity contribution in [3.05, 3.63) is 119 Å². The minimum absolute atomic E-state index is 0.0790. The molecule has 0 atom stereocenters. The molecule has 0 fully saturated rings. The van der Waals surface area contributed by atoms with Crippen LogP contribution in [0, 0.1) is 0 Å². The highest BCUT2D eigenvalue weighted by Crippen LogP contribution is 2.29. The molecular weight excluding hydrogens is 372 g/mol. The summed E-state index contributed by atoms with van der Waals surface area (Å²) in [6, 6.07) is 34.5. The molecule has 0 amide bonds. The molecule has 0 radical (unpaired) electrons. The first-order valence-electron chi connectivity index (χ1n) is 9.73. The minimum Gasteiger partial charge on any atom is -0.457 e. The highest BCUT2D eigenvalue weighted by atomic mass is 16.5. The normalized spacial score (nSPS) is 10.8. The number of fused-ring (bicyclic) bond motifs is 1. The molecule has 0 aliphatic rings. The lowest BCUT2D eigenvalue weighted by atomic mass is 10.0. The number of ether oxygens (including phenoxy) is 1. The predicted octanol–water partition coefficient (Wildman–Crippen LogP) is 6.92. The molecular formula is C27H18O3. The van der Waals surface area contributed by atoms with Crippen molar-refractivity contribution in [2.24, 2.45) is 0 Å². The van der Waals surface area contributed by atoms with Gasteiger partial charge in [-0.2, -0.15) is 0 Å². The van der Waals surface area contributed by atoms with Gasteiger partial charge in [0.05, 0.1) is 5.39 Å². The van der Waals surface area contributed by atoms with Gasteiger partial charge in [-0.15, -0.1) is 0 Å². The first-order valence-corrected chi connectivity index (χ1v) is 9.73. The van der Waals surface area contributed by atoms with E-state index in [9.17, 15) is 4.79 Å². The molecule has 5 aromatic rings. The molecule has 0 bridgehead atoms. The van der Waals surface area contributed by atoms with Crippen LogP contribution in [0.3, 0.4) is 0 Å². The number of hydrogen-bond donors (Lipinski definition) is 0. The smallest absolute Gasteiger partial charge is 0.193 e. The molecule has 5 rings (SSSR count). The van der Waals surface area contributed by atoms with E-state index in [0.29, 0.717) is 22.5 Å². The molecule has 1 heterocycles. The molecule has 0 saturated carbocycles. The topological polar surface area (TPSA) is 39.4 Å². The summed E-state index contributed by atoms with van der Waals surface area (Å²) in [6.07, 6.45) is 0. The third kappa shape index (κ3) is 3.61. The Morgan fingerprint density at radius 1 is 0.567 bits per heavy atom. The summed E-state index contributed by atoms with van der Waals surface area (Å²) in [7, 11) is 0. The van der Waals surface area contributed by atoms with Gasteiger partial charge in [0.15, 0.2) is 5.43 Å². The van der Waals surface area contributed by atoms with Crippen LogP contribution < -0.4 is 10.2 Å². The van der Waals surface area contributed by atoms with Crippen molar-refractivity contribution >= 4 is 11.0 Å². The second kappa shape index (κ2) is 7.72. The largest absolute Gasteiger partial charge is 0.457 e. The summed E-state index contributed by atoms with van der Waals surface area (Å²) in [6.45, 7) is 0. The molecule has 144 valence electrons. The van der Waals surface area contributed by atoms with Gasteiger partial charge in [-0.1, -0.05) is 72.8 Å². The molecule has 0 spiro atoms. The maximum absolute atomic E-state index is 12.6. The van der Waals surface area contributed by atoms with Crippen LogP contribution in [0.25, 0.3) is 33.4 Å². The van der Waals surface area contributed by atoms with Crippen LogP contribution >= 0.6 is 0 Å². The molecule has 0 aliphatic heterocycles. The lowest BCUT2D eigenvalue weighted by Crippen LogP contribution is -2.00. The van der Waals surface area contributed by atoms with Crippen molar-refractivity contribution in [2.45, 2.75) is 0 Å². The first kappa shape index (κ1) is 18.0. The second-order valence-corrected chi connectivity index (χ2v) is 6.99. The lowest BCUT2D eigenvalue weighted by molar-refractivity contribution is 0.481. The van der Waals surface area contributed by atoms with Gasteiger partial charge in [0.2, 0.25) is 0 Å². The molecule has 4 aromatic carbocycles. The van der Waals surface area contributed by atoms with Crippen LogP contribution in [-0.4, -0.2) is 0 Å². The molecule has 3 nitrogen and oxygen atoms in total. The van der Waals surface area contributed by atoms with E-state index in [1.54, 1.807) is 18.2 Å². The van der Waals surface area contributed by atoms with E-state index in [1.807, 2.05) is 72.8 Å². The van der Waals surface area contributed by atoms with Gasteiger partial charge in [-0.05, 0) is 35.4 Å². The van der Waals surface area contributed by atoms with Gasteiger partial charge in [0.25, 0.3) is 0 Å². The number of para-hydroxylation sites is 1. The number of hydrogen-bond acceptors (Lipinski definition) is 3. The van der Waals surface area contributed by atoms with E-state index in [4.69, 9.17) is 9.15 Å². The lowest BCUT2D eigenvalue weighted by Gasteiger charge is -2.08. The zero-order chi connectivity index (χ0) is 20.3. The number of rotatable bonds is 4. The van der Waals surface area contributed by atoms with E-state index in [1.165, 1.54) is 6.07 Å². The quantitative estimate of drug-likeness (QED) is 0.334. The summed E-state index contributed by atoms with van der Waals surface area (Å²) in [5.74, 6) is 1.88. The monoisotopic (exact) mass is 390 g/mol. The maximum Gasteiger partial charge on any atom is 0.193 e. The Morgan fingerprint density at radius 3 is 1.93 bits per heavy atom. The highest BCUT2D eigenvalue weighted by Gasteiger charge is 2.09. The van der Waals surface area contributed by atoms with E-state index < -0.39 is 0 Å². The maximum atomic E-state index is 12.6. The summed E-state index contributed by atoms with van der Waals surface area (Å²) < 4.78 is 11.9. The summed E-state index contributed by atoms with van der Waals surface area (Å²) >= 11 is 0. The minimum atomic E-state index is -0.0790. The SMILES string of the molecule is O=c1cc(-c2ccc(-c3ccccc3)cc2)oc2cc(Oc3ccccc3)ccc12. The zero-order valence-electron chi connectivity index (χ0n) is 16.1. The third-order valence-corrected chi connectivity index (χ3v) is 4.96. The van der Waals surface area contributed by atoms with E-state index in [0.717, 1.165) is 22.4 Å². The van der Waals surface area contributed by atoms with E-state index >= 15 is 0 Å². The van der Waals surface area contributed by atoms with Crippen molar-refractivity contribution in [3.63, 3.8) is 0 Å². The molecule has 0 aliphatic carbocycles.